The Balaban J connectivity index is 2.29. The highest BCUT2D eigenvalue weighted by molar-refractivity contribution is 5.36. The van der Waals surface area contributed by atoms with Gasteiger partial charge in [0.1, 0.15) is 11.6 Å². The molecule has 3 heteroatoms. The molecule has 0 saturated carbocycles. The number of hydrogen-bond donors (Lipinski definition) is 1. The fourth-order valence-corrected chi connectivity index (χ4v) is 2.33. The van der Waals surface area contributed by atoms with Gasteiger partial charge < -0.3 is 10.5 Å². The summed E-state index contributed by atoms with van der Waals surface area (Å²) in [5.74, 6) is 0.571. The molecule has 1 unspecified atom stereocenters. The van der Waals surface area contributed by atoms with Crippen LogP contribution in [0.1, 0.15) is 23.6 Å². The molecule has 2 aromatic rings. The molecule has 0 bridgehead atoms. The van der Waals surface area contributed by atoms with Crippen molar-refractivity contribution >= 4 is 0 Å². The third-order valence-electron chi connectivity index (χ3n) is 3.59. The summed E-state index contributed by atoms with van der Waals surface area (Å²) in [4.78, 5) is 0. The van der Waals surface area contributed by atoms with Crippen LogP contribution in [0.4, 0.5) is 4.39 Å². The van der Waals surface area contributed by atoms with Gasteiger partial charge in [-0.1, -0.05) is 18.2 Å². The lowest BCUT2D eigenvalue weighted by molar-refractivity contribution is 0.410. The van der Waals surface area contributed by atoms with E-state index in [1.54, 1.807) is 13.2 Å². The fourth-order valence-electron chi connectivity index (χ4n) is 2.33. The molecule has 0 radical (unpaired) electrons. The van der Waals surface area contributed by atoms with Crippen LogP contribution in [0, 0.1) is 12.7 Å². The Labute approximate surface area is 119 Å². The zero-order chi connectivity index (χ0) is 14.8. The number of ether oxygens (including phenoxy) is 1. The molecule has 0 fully saturated rings. The fraction of sp³-hybridized carbons (Fsp3) is 0.294. The second-order valence-electron chi connectivity index (χ2n) is 5.40. The second kappa shape index (κ2) is 5.63. The molecular weight excluding hydrogens is 253 g/mol. The maximum atomic E-state index is 13.2. The van der Waals surface area contributed by atoms with Gasteiger partial charge in [0.15, 0.2) is 0 Å². The summed E-state index contributed by atoms with van der Waals surface area (Å²) in [5, 5.41) is 0. The summed E-state index contributed by atoms with van der Waals surface area (Å²) < 4.78 is 18.4. The molecule has 0 saturated heterocycles. The Hall–Kier alpha value is -1.87. The topological polar surface area (TPSA) is 35.2 Å². The number of rotatable bonds is 4. The Kier molecular flexibility index (Phi) is 4.09. The molecule has 0 spiro atoms. The van der Waals surface area contributed by atoms with Crippen LogP contribution < -0.4 is 10.5 Å². The average Bonchev–Trinajstić information content (AvgIpc) is 2.42. The number of hydrogen-bond acceptors (Lipinski definition) is 2. The average molecular weight is 273 g/mol. The Bertz CT molecular complexity index is 608. The monoisotopic (exact) mass is 273 g/mol. The Morgan fingerprint density at radius 3 is 2.60 bits per heavy atom. The molecule has 2 aromatic carbocycles. The van der Waals surface area contributed by atoms with Gasteiger partial charge >= 0.3 is 0 Å². The van der Waals surface area contributed by atoms with E-state index in [-0.39, 0.29) is 5.82 Å². The number of methoxy groups -OCH3 is 1. The first-order valence-corrected chi connectivity index (χ1v) is 6.61. The summed E-state index contributed by atoms with van der Waals surface area (Å²) in [7, 11) is 1.64. The maximum absolute atomic E-state index is 13.2. The largest absolute Gasteiger partial charge is 0.497 e. The lowest BCUT2D eigenvalue weighted by Gasteiger charge is -2.26. The van der Waals surface area contributed by atoms with E-state index in [9.17, 15) is 4.39 Å². The van der Waals surface area contributed by atoms with E-state index < -0.39 is 5.54 Å². The first-order valence-electron chi connectivity index (χ1n) is 6.61. The third-order valence-corrected chi connectivity index (χ3v) is 3.59. The lowest BCUT2D eigenvalue weighted by atomic mass is 9.85. The van der Waals surface area contributed by atoms with Crippen LogP contribution in [0.5, 0.6) is 5.75 Å². The summed E-state index contributed by atoms with van der Waals surface area (Å²) in [6.07, 6.45) is 0.645. The molecule has 2 N–H and O–H groups in total. The Morgan fingerprint density at radius 1 is 1.20 bits per heavy atom. The van der Waals surface area contributed by atoms with Gasteiger partial charge in [-0.3, -0.25) is 0 Å². The van der Waals surface area contributed by atoms with Gasteiger partial charge in [-0.2, -0.15) is 0 Å². The van der Waals surface area contributed by atoms with Crippen molar-refractivity contribution in [1.82, 2.24) is 0 Å². The normalized spacial score (nSPS) is 13.8. The van der Waals surface area contributed by atoms with Crippen molar-refractivity contribution in [3.8, 4) is 5.75 Å². The summed E-state index contributed by atoms with van der Waals surface area (Å²) in [6.45, 7) is 3.88. The molecule has 106 valence electrons. The van der Waals surface area contributed by atoms with Gasteiger partial charge in [0, 0.05) is 5.54 Å². The standard InChI is InChI=1S/C17H20FNO/c1-12-9-15(18)8-7-13(12)11-17(2,19)14-5-4-6-16(10-14)20-3/h4-10H,11,19H2,1-3H3. The quantitative estimate of drug-likeness (QED) is 0.924. The zero-order valence-corrected chi connectivity index (χ0v) is 12.1. The molecule has 0 aliphatic carbocycles. The van der Waals surface area contributed by atoms with Crippen LogP contribution in [-0.2, 0) is 12.0 Å². The van der Waals surface area contributed by atoms with Crippen molar-refractivity contribution in [2.75, 3.05) is 7.11 Å². The minimum atomic E-state index is -0.531. The Morgan fingerprint density at radius 2 is 1.95 bits per heavy atom. The molecule has 0 heterocycles. The molecule has 0 aliphatic heterocycles. The number of nitrogens with two attached hydrogens (primary N) is 1. The van der Waals surface area contributed by atoms with Crippen LogP contribution in [0.3, 0.4) is 0 Å². The van der Waals surface area contributed by atoms with E-state index in [0.29, 0.717) is 6.42 Å². The molecule has 2 rings (SSSR count). The predicted octanol–water partition coefficient (Wildman–Crippen LogP) is 3.56. The van der Waals surface area contributed by atoms with Crippen molar-refractivity contribution in [3.05, 3.63) is 65.0 Å². The molecule has 0 aromatic heterocycles. The highest BCUT2D eigenvalue weighted by Gasteiger charge is 2.23. The third kappa shape index (κ3) is 3.17. The second-order valence-corrected chi connectivity index (χ2v) is 5.40. The van der Waals surface area contributed by atoms with Gasteiger partial charge in [-0.25, -0.2) is 4.39 Å². The van der Waals surface area contributed by atoms with Gasteiger partial charge in [0.05, 0.1) is 7.11 Å². The summed E-state index contributed by atoms with van der Waals surface area (Å²) in [5.41, 5.74) is 8.90. The van der Waals surface area contributed by atoms with Crippen molar-refractivity contribution in [2.24, 2.45) is 5.73 Å². The molecule has 2 nitrogen and oxygen atoms in total. The van der Waals surface area contributed by atoms with Gasteiger partial charge in [0.25, 0.3) is 0 Å². The van der Waals surface area contributed by atoms with Crippen LogP contribution in [0.25, 0.3) is 0 Å². The molecular formula is C17H20FNO. The zero-order valence-electron chi connectivity index (χ0n) is 12.1. The van der Waals surface area contributed by atoms with E-state index in [4.69, 9.17) is 10.5 Å². The maximum Gasteiger partial charge on any atom is 0.123 e. The van der Waals surface area contributed by atoms with Gasteiger partial charge in [-0.15, -0.1) is 0 Å². The van der Waals surface area contributed by atoms with E-state index in [0.717, 1.165) is 22.4 Å². The highest BCUT2D eigenvalue weighted by atomic mass is 19.1. The van der Waals surface area contributed by atoms with Gasteiger partial charge in [-0.05, 0) is 61.2 Å². The number of aryl methyl sites for hydroxylation is 1. The SMILES string of the molecule is COc1cccc(C(C)(N)Cc2ccc(F)cc2C)c1. The first kappa shape index (κ1) is 14.5. The molecule has 0 aliphatic rings. The van der Waals surface area contributed by atoms with Crippen molar-refractivity contribution < 1.29 is 9.13 Å². The van der Waals surface area contributed by atoms with Crippen LogP contribution >= 0.6 is 0 Å². The summed E-state index contributed by atoms with van der Waals surface area (Å²) >= 11 is 0. The lowest BCUT2D eigenvalue weighted by Crippen LogP contribution is -2.35. The van der Waals surface area contributed by atoms with E-state index in [2.05, 4.69) is 0 Å². The van der Waals surface area contributed by atoms with E-state index in [1.807, 2.05) is 38.1 Å². The van der Waals surface area contributed by atoms with Crippen LogP contribution in [0.2, 0.25) is 0 Å². The van der Waals surface area contributed by atoms with Crippen molar-refractivity contribution in [1.29, 1.82) is 0 Å². The first-order chi connectivity index (χ1) is 9.42. The van der Waals surface area contributed by atoms with Crippen LogP contribution in [0.15, 0.2) is 42.5 Å². The predicted molar refractivity (Wildman–Crippen MR) is 79.4 cm³/mol. The minimum absolute atomic E-state index is 0.216. The number of benzene rings is 2. The minimum Gasteiger partial charge on any atom is -0.497 e. The highest BCUT2D eigenvalue weighted by Crippen LogP contribution is 2.27. The van der Waals surface area contributed by atoms with Crippen molar-refractivity contribution in [2.45, 2.75) is 25.8 Å². The molecule has 20 heavy (non-hydrogen) atoms. The van der Waals surface area contributed by atoms with Crippen LogP contribution in [-0.4, -0.2) is 7.11 Å². The van der Waals surface area contributed by atoms with Crippen molar-refractivity contribution in [3.63, 3.8) is 0 Å². The van der Waals surface area contributed by atoms with E-state index >= 15 is 0 Å². The molecule has 0 amide bonds. The van der Waals surface area contributed by atoms with E-state index in [1.165, 1.54) is 12.1 Å². The summed E-state index contributed by atoms with van der Waals surface area (Å²) in [6, 6.07) is 12.6. The smallest absolute Gasteiger partial charge is 0.123 e. The number of halogens is 1. The molecule has 1 atom stereocenters. The van der Waals surface area contributed by atoms with Gasteiger partial charge in [0.2, 0.25) is 0 Å².